The van der Waals surface area contributed by atoms with Crippen LogP contribution in [0.25, 0.3) is 0 Å². The number of aromatic amines is 1. The van der Waals surface area contributed by atoms with Gasteiger partial charge in [0.15, 0.2) is 0 Å². The third kappa shape index (κ3) is 4.89. The highest BCUT2D eigenvalue weighted by Gasteiger charge is 2.29. The number of carbonyl (C=O) groups is 2. The van der Waals surface area contributed by atoms with Crippen LogP contribution in [0.4, 0.5) is 0 Å². The van der Waals surface area contributed by atoms with E-state index in [0.29, 0.717) is 38.2 Å². The quantitative estimate of drug-likeness (QED) is 0.670. The molecule has 150 valence electrons. The molecule has 2 atom stereocenters. The van der Waals surface area contributed by atoms with Gasteiger partial charge in [0.25, 0.3) is 0 Å². The molecule has 3 rings (SSSR count). The normalized spacial score (nSPS) is 19.2. The summed E-state index contributed by atoms with van der Waals surface area (Å²) in [6.07, 6.45) is 1.34. The van der Waals surface area contributed by atoms with E-state index in [1.54, 1.807) is 12.1 Å². The Bertz CT molecular complexity index is 811. The summed E-state index contributed by atoms with van der Waals surface area (Å²) in [5.41, 5.74) is 3.18. The molecule has 1 aliphatic rings. The first-order valence-corrected chi connectivity index (χ1v) is 9.31. The zero-order valence-corrected chi connectivity index (χ0v) is 16.0. The standard InChI is InChI=1S/C20H25N3O5/c1-12-16(13(2)23-22-12)7-8-19(24)21-17-9-10-27-11-18(17)28-15-5-3-14(4-6-15)20(25)26/h3-6,17-18H,7-11H2,1-2H3,(H,21,24)(H,22,23)(H,25,26)/t17-,18-/m1/s1. The van der Waals surface area contributed by atoms with Crippen LogP contribution in [-0.2, 0) is 16.0 Å². The largest absolute Gasteiger partial charge is 0.486 e. The van der Waals surface area contributed by atoms with Gasteiger partial charge in [-0.25, -0.2) is 4.79 Å². The Kier molecular flexibility index (Phi) is 6.30. The number of hydrogen-bond donors (Lipinski definition) is 3. The monoisotopic (exact) mass is 387 g/mol. The molecule has 8 nitrogen and oxygen atoms in total. The van der Waals surface area contributed by atoms with E-state index >= 15 is 0 Å². The van der Waals surface area contributed by atoms with E-state index in [-0.39, 0.29) is 23.6 Å². The summed E-state index contributed by atoms with van der Waals surface area (Å²) >= 11 is 0. The van der Waals surface area contributed by atoms with Gasteiger partial charge in [-0.3, -0.25) is 9.89 Å². The maximum atomic E-state index is 12.4. The van der Waals surface area contributed by atoms with Crippen LogP contribution in [0.5, 0.6) is 5.75 Å². The second-order valence-electron chi connectivity index (χ2n) is 6.94. The SMILES string of the molecule is Cc1n[nH]c(C)c1CCC(=O)N[C@@H]1CCOC[C@H]1Oc1ccc(C(=O)O)cc1. The maximum absolute atomic E-state index is 12.4. The molecule has 0 radical (unpaired) electrons. The van der Waals surface area contributed by atoms with Gasteiger partial charge >= 0.3 is 5.97 Å². The number of benzene rings is 1. The molecule has 0 unspecified atom stereocenters. The topological polar surface area (TPSA) is 114 Å². The first-order chi connectivity index (χ1) is 13.4. The Hall–Kier alpha value is -2.87. The van der Waals surface area contributed by atoms with E-state index in [4.69, 9.17) is 14.6 Å². The summed E-state index contributed by atoms with van der Waals surface area (Å²) in [5, 5.41) is 19.1. The lowest BCUT2D eigenvalue weighted by molar-refractivity contribution is -0.123. The van der Waals surface area contributed by atoms with E-state index in [9.17, 15) is 9.59 Å². The lowest BCUT2D eigenvalue weighted by Gasteiger charge is -2.32. The number of rotatable bonds is 7. The summed E-state index contributed by atoms with van der Waals surface area (Å²) in [6.45, 7) is 4.80. The number of nitrogens with zero attached hydrogens (tertiary/aromatic N) is 1. The summed E-state index contributed by atoms with van der Waals surface area (Å²) in [5.74, 6) is -0.480. The third-order valence-electron chi connectivity index (χ3n) is 4.92. The Balaban J connectivity index is 1.56. The molecule has 1 saturated heterocycles. The van der Waals surface area contributed by atoms with Gasteiger partial charge in [0.05, 0.1) is 23.9 Å². The van der Waals surface area contributed by atoms with Gasteiger partial charge in [0.2, 0.25) is 5.91 Å². The number of carbonyl (C=O) groups excluding carboxylic acids is 1. The lowest BCUT2D eigenvalue weighted by atomic mass is 10.0. The van der Waals surface area contributed by atoms with Gasteiger partial charge in [-0.1, -0.05) is 0 Å². The van der Waals surface area contributed by atoms with Crippen LogP contribution in [-0.4, -0.2) is 52.5 Å². The Labute approximate surface area is 163 Å². The van der Waals surface area contributed by atoms with Crippen molar-refractivity contribution < 1.29 is 24.2 Å². The maximum Gasteiger partial charge on any atom is 0.335 e. The van der Waals surface area contributed by atoms with Crippen molar-refractivity contribution in [2.75, 3.05) is 13.2 Å². The molecule has 0 spiro atoms. The van der Waals surface area contributed by atoms with Crippen LogP contribution >= 0.6 is 0 Å². The highest BCUT2D eigenvalue weighted by Crippen LogP contribution is 2.19. The van der Waals surface area contributed by atoms with Crippen LogP contribution < -0.4 is 10.1 Å². The predicted molar refractivity (Wildman–Crippen MR) is 102 cm³/mol. The molecule has 2 heterocycles. The first kappa shape index (κ1) is 19.9. The number of ether oxygens (including phenoxy) is 2. The average molecular weight is 387 g/mol. The van der Waals surface area contributed by atoms with E-state index in [2.05, 4.69) is 15.5 Å². The van der Waals surface area contributed by atoms with Crippen molar-refractivity contribution in [3.8, 4) is 5.75 Å². The molecule has 0 saturated carbocycles. The van der Waals surface area contributed by atoms with Crippen molar-refractivity contribution in [3.63, 3.8) is 0 Å². The van der Waals surface area contributed by atoms with Gasteiger partial charge < -0.3 is 19.9 Å². The molecule has 1 aliphatic heterocycles. The summed E-state index contributed by atoms with van der Waals surface area (Å²) < 4.78 is 11.4. The summed E-state index contributed by atoms with van der Waals surface area (Å²) in [4.78, 5) is 23.4. The molecule has 1 amide bonds. The molecular weight excluding hydrogens is 362 g/mol. The van der Waals surface area contributed by atoms with Gasteiger partial charge in [0, 0.05) is 18.7 Å². The number of hydrogen-bond acceptors (Lipinski definition) is 5. The fourth-order valence-electron chi connectivity index (χ4n) is 3.30. The number of carboxylic acids is 1. The van der Waals surface area contributed by atoms with Crippen molar-refractivity contribution in [2.24, 2.45) is 0 Å². The van der Waals surface area contributed by atoms with Crippen molar-refractivity contribution >= 4 is 11.9 Å². The minimum absolute atomic E-state index is 0.0401. The van der Waals surface area contributed by atoms with Gasteiger partial charge in [-0.05, 0) is 56.5 Å². The van der Waals surface area contributed by atoms with Crippen LogP contribution in [0, 0.1) is 13.8 Å². The number of aryl methyl sites for hydroxylation is 2. The molecule has 0 aliphatic carbocycles. The van der Waals surface area contributed by atoms with Crippen molar-refractivity contribution in [1.29, 1.82) is 0 Å². The number of carboxylic acid groups (broad SMARTS) is 1. The van der Waals surface area contributed by atoms with E-state index < -0.39 is 5.97 Å². The predicted octanol–water partition coefficient (Wildman–Crippen LogP) is 2.01. The fraction of sp³-hybridized carbons (Fsp3) is 0.450. The van der Waals surface area contributed by atoms with Gasteiger partial charge in [0.1, 0.15) is 11.9 Å². The second kappa shape index (κ2) is 8.88. The highest BCUT2D eigenvalue weighted by molar-refractivity contribution is 5.87. The van der Waals surface area contributed by atoms with Crippen molar-refractivity contribution in [1.82, 2.24) is 15.5 Å². The van der Waals surface area contributed by atoms with E-state index in [1.807, 2.05) is 13.8 Å². The van der Waals surface area contributed by atoms with Gasteiger partial charge in [-0.2, -0.15) is 5.10 Å². The number of amides is 1. The summed E-state index contributed by atoms with van der Waals surface area (Å²) in [7, 11) is 0. The zero-order valence-electron chi connectivity index (χ0n) is 16.0. The number of aromatic carboxylic acids is 1. The first-order valence-electron chi connectivity index (χ1n) is 9.31. The minimum Gasteiger partial charge on any atom is -0.486 e. The Morgan fingerprint density at radius 2 is 2.07 bits per heavy atom. The zero-order chi connectivity index (χ0) is 20.1. The van der Waals surface area contributed by atoms with Crippen LogP contribution in [0.1, 0.15) is 40.2 Å². The lowest BCUT2D eigenvalue weighted by Crippen LogP contribution is -2.51. The van der Waals surface area contributed by atoms with Crippen LogP contribution in [0.15, 0.2) is 24.3 Å². The van der Waals surface area contributed by atoms with E-state index in [0.717, 1.165) is 17.0 Å². The Morgan fingerprint density at radius 3 is 2.71 bits per heavy atom. The molecule has 3 N–H and O–H groups in total. The average Bonchev–Trinajstić information content (AvgIpc) is 3.00. The molecule has 0 bridgehead atoms. The molecular formula is C20H25N3O5. The molecule has 2 aromatic rings. The molecule has 1 fully saturated rings. The van der Waals surface area contributed by atoms with Crippen molar-refractivity contribution in [3.05, 3.63) is 46.8 Å². The van der Waals surface area contributed by atoms with E-state index in [1.165, 1.54) is 12.1 Å². The molecule has 1 aromatic carbocycles. The summed E-state index contributed by atoms with van der Waals surface area (Å²) in [6, 6.07) is 6.05. The van der Waals surface area contributed by atoms with Crippen LogP contribution in [0.3, 0.4) is 0 Å². The third-order valence-corrected chi connectivity index (χ3v) is 4.92. The molecule has 28 heavy (non-hydrogen) atoms. The number of nitrogens with one attached hydrogen (secondary N) is 2. The fourth-order valence-corrected chi connectivity index (χ4v) is 3.30. The highest BCUT2D eigenvalue weighted by atomic mass is 16.5. The number of H-pyrrole nitrogens is 1. The molecule has 1 aromatic heterocycles. The minimum atomic E-state index is -0.985. The second-order valence-corrected chi connectivity index (χ2v) is 6.94. The molecule has 8 heteroatoms. The van der Waals surface area contributed by atoms with Gasteiger partial charge in [-0.15, -0.1) is 0 Å². The number of aromatic nitrogens is 2. The Morgan fingerprint density at radius 1 is 1.32 bits per heavy atom. The van der Waals surface area contributed by atoms with Crippen LogP contribution in [0.2, 0.25) is 0 Å². The van der Waals surface area contributed by atoms with Crippen molar-refractivity contribution in [2.45, 2.75) is 45.3 Å². The smallest absolute Gasteiger partial charge is 0.335 e.